The van der Waals surface area contributed by atoms with Crippen molar-refractivity contribution in [1.82, 2.24) is 0 Å². The highest BCUT2D eigenvalue weighted by atomic mass is 16.5. The van der Waals surface area contributed by atoms with Crippen LogP contribution in [0.4, 0.5) is 0 Å². The fourth-order valence-corrected chi connectivity index (χ4v) is 7.08. The van der Waals surface area contributed by atoms with Gasteiger partial charge in [-0.1, -0.05) is 171 Å². The summed E-state index contributed by atoms with van der Waals surface area (Å²) in [5.74, 6) is 1.55. The van der Waals surface area contributed by atoms with E-state index in [0.29, 0.717) is 12.8 Å². The molecule has 2 atom stereocenters. The van der Waals surface area contributed by atoms with Crippen LogP contribution in [0.5, 0.6) is 11.5 Å². The van der Waals surface area contributed by atoms with E-state index in [4.69, 9.17) is 9.47 Å². The number of hydrogen-bond acceptors (Lipinski definition) is 4. The molecule has 2 aromatic carbocycles. The van der Waals surface area contributed by atoms with Crippen LogP contribution in [0.15, 0.2) is 190 Å². The number of ether oxygens (including phenoxy) is 2. The van der Waals surface area contributed by atoms with Gasteiger partial charge < -0.3 is 9.47 Å². The Morgan fingerprint density at radius 3 is 1.20 bits per heavy atom. The lowest BCUT2D eigenvalue weighted by atomic mass is 9.71. The van der Waals surface area contributed by atoms with Crippen LogP contribution in [0.3, 0.4) is 0 Å². The summed E-state index contributed by atoms with van der Waals surface area (Å²) in [6.45, 7) is 20.8. The van der Waals surface area contributed by atoms with Gasteiger partial charge in [0.25, 0.3) is 0 Å². The van der Waals surface area contributed by atoms with Crippen LogP contribution < -0.4 is 9.47 Å². The van der Waals surface area contributed by atoms with Gasteiger partial charge in [-0.25, -0.2) is 0 Å². The molecule has 4 nitrogen and oxygen atoms in total. The molecule has 0 bridgehead atoms. The Labute approximate surface area is 336 Å². The van der Waals surface area contributed by atoms with E-state index in [1.807, 2.05) is 86.7 Å². The highest BCUT2D eigenvalue weighted by molar-refractivity contribution is 6.01. The molecule has 292 valence electrons. The van der Waals surface area contributed by atoms with Gasteiger partial charge in [-0.05, 0) is 98.9 Å². The number of ketones is 2. The zero-order chi connectivity index (χ0) is 40.9. The molecular formula is C52H60O4. The third-order valence-electron chi connectivity index (χ3n) is 10.3. The molecule has 0 amide bonds. The molecule has 2 aliphatic carbocycles. The van der Waals surface area contributed by atoms with Crippen molar-refractivity contribution in [3.05, 3.63) is 190 Å². The molecule has 0 saturated heterocycles. The lowest BCUT2D eigenvalue weighted by Crippen LogP contribution is -2.39. The van der Waals surface area contributed by atoms with Gasteiger partial charge in [0.15, 0.2) is 23.8 Å². The maximum absolute atomic E-state index is 13.2. The van der Waals surface area contributed by atoms with Gasteiger partial charge in [0.2, 0.25) is 0 Å². The Balaban J connectivity index is 1.28. The smallest absolute Gasteiger partial charge is 0.199 e. The van der Waals surface area contributed by atoms with E-state index in [1.54, 1.807) is 0 Å². The lowest BCUT2D eigenvalue weighted by molar-refractivity contribution is -0.124. The van der Waals surface area contributed by atoms with E-state index >= 15 is 0 Å². The number of carbonyl (C=O) groups excluding carboxylic acids is 2. The minimum atomic E-state index is -0.474. The fraction of sp³-hybridized carbons (Fsp3) is 0.308. The van der Waals surface area contributed by atoms with Crippen molar-refractivity contribution in [2.24, 2.45) is 10.8 Å². The molecule has 0 fully saturated rings. The molecule has 0 spiro atoms. The van der Waals surface area contributed by atoms with E-state index in [2.05, 4.69) is 128 Å². The highest BCUT2D eigenvalue weighted by Gasteiger charge is 2.40. The predicted molar refractivity (Wildman–Crippen MR) is 235 cm³/mol. The van der Waals surface area contributed by atoms with E-state index in [1.165, 1.54) is 0 Å². The molecule has 0 saturated carbocycles. The number of carbonyl (C=O) groups is 2. The molecule has 0 N–H and O–H groups in total. The fourth-order valence-electron chi connectivity index (χ4n) is 7.08. The van der Waals surface area contributed by atoms with Crippen LogP contribution in [-0.4, -0.2) is 23.8 Å². The van der Waals surface area contributed by atoms with Gasteiger partial charge in [-0.3, -0.25) is 9.59 Å². The molecule has 2 aromatic rings. The van der Waals surface area contributed by atoms with Crippen molar-refractivity contribution >= 4 is 11.6 Å². The first-order chi connectivity index (χ1) is 26.6. The average Bonchev–Trinajstić information content (AvgIpc) is 3.15. The summed E-state index contributed by atoms with van der Waals surface area (Å²) in [7, 11) is 0. The predicted octanol–water partition coefficient (Wildman–Crippen LogP) is 13.1. The van der Waals surface area contributed by atoms with Gasteiger partial charge in [0.1, 0.15) is 11.5 Å². The Hall–Kier alpha value is -5.48. The number of para-hydroxylation sites is 2. The summed E-state index contributed by atoms with van der Waals surface area (Å²) < 4.78 is 12.2. The van der Waals surface area contributed by atoms with E-state index in [0.717, 1.165) is 56.1 Å². The summed E-state index contributed by atoms with van der Waals surface area (Å²) in [5, 5.41) is 0. The van der Waals surface area contributed by atoms with Crippen molar-refractivity contribution in [1.29, 1.82) is 0 Å². The summed E-state index contributed by atoms with van der Waals surface area (Å²) >= 11 is 0. The number of rotatable bonds is 14. The standard InChI is InChI=1S/C52H60O4/c1-37(23-19-25-39(3)31-33-45-41(5)49(53)47(35-51(45,7)8)55-43-27-13-11-14-28-43)21-17-18-22-38(2)24-20-26-40(4)32-34-46-42(6)50(54)48(36-52(46,9)10)56-44-29-15-12-16-30-44/h11-34,47-48H,35-36H2,1-10H3. The topological polar surface area (TPSA) is 52.6 Å². The minimum Gasteiger partial charge on any atom is -0.482 e. The third-order valence-corrected chi connectivity index (χ3v) is 10.3. The number of Topliss-reactive ketones (excluding diaryl/α,β-unsaturated/α-hetero) is 2. The first kappa shape index (κ1) is 43.3. The number of hydrogen-bond donors (Lipinski definition) is 0. The second kappa shape index (κ2) is 19.9. The van der Waals surface area contributed by atoms with Crippen LogP contribution in [0, 0.1) is 10.8 Å². The number of allylic oxidation sites excluding steroid dienone is 20. The van der Waals surface area contributed by atoms with Crippen molar-refractivity contribution in [2.75, 3.05) is 0 Å². The van der Waals surface area contributed by atoms with Gasteiger partial charge in [-0.2, -0.15) is 0 Å². The van der Waals surface area contributed by atoms with Gasteiger partial charge in [0.05, 0.1) is 0 Å². The number of benzene rings is 2. The molecule has 2 aliphatic rings. The van der Waals surface area contributed by atoms with Gasteiger partial charge >= 0.3 is 0 Å². The summed E-state index contributed by atoms with van der Waals surface area (Å²) in [6, 6.07) is 19.1. The quantitative estimate of drug-likeness (QED) is 0.181. The van der Waals surface area contributed by atoms with Crippen molar-refractivity contribution in [2.45, 2.75) is 94.3 Å². The maximum atomic E-state index is 13.2. The van der Waals surface area contributed by atoms with Crippen LogP contribution in [0.1, 0.15) is 82.1 Å². The maximum Gasteiger partial charge on any atom is 0.199 e. The molecule has 0 aromatic heterocycles. The zero-order valence-corrected chi connectivity index (χ0v) is 35.1. The average molecular weight is 749 g/mol. The summed E-state index contributed by atoms with van der Waals surface area (Å²) in [5.41, 5.74) is 7.74. The zero-order valence-electron chi connectivity index (χ0n) is 35.1. The van der Waals surface area contributed by atoms with E-state index in [9.17, 15) is 9.59 Å². The highest BCUT2D eigenvalue weighted by Crippen LogP contribution is 2.42. The summed E-state index contributed by atoms with van der Waals surface area (Å²) in [4.78, 5) is 26.4. The van der Waals surface area contributed by atoms with Crippen molar-refractivity contribution in [3.8, 4) is 11.5 Å². The first-order valence-corrected chi connectivity index (χ1v) is 19.6. The van der Waals surface area contributed by atoms with Gasteiger partial charge in [0, 0.05) is 12.8 Å². The van der Waals surface area contributed by atoms with Gasteiger partial charge in [-0.15, -0.1) is 0 Å². The van der Waals surface area contributed by atoms with Crippen LogP contribution in [-0.2, 0) is 9.59 Å². The van der Waals surface area contributed by atoms with Crippen LogP contribution in [0.2, 0.25) is 0 Å². The monoisotopic (exact) mass is 748 g/mol. The van der Waals surface area contributed by atoms with Crippen molar-refractivity contribution in [3.63, 3.8) is 0 Å². The lowest BCUT2D eigenvalue weighted by Gasteiger charge is -2.36. The largest absolute Gasteiger partial charge is 0.482 e. The minimum absolute atomic E-state index is 0.0526. The molecule has 0 aliphatic heterocycles. The molecule has 0 radical (unpaired) electrons. The van der Waals surface area contributed by atoms with Crippen LogP contribution in [0.25, 0.3) is 0 Å². The second-order valence-corrected chi connectivity index (χ2v) is 16.2. The van der Waals surface area contributed by atoms with E-state index < -0.39 is 12.2 Å². The molecule has 56 heavy (non-hydrogen) atoms. The first-order valence-electron chi connectivity index (χ1n) is 19.6. The molecule has 2 unspecified atom stereocenters. The van der Waals surface area contributed by atoms with Crippen molar-refractivity contribution < 1.29 is 19.1 Å². The van der Waals surface area contributed by atoms with Crippen LogP contribution >= 0.6 is 0 Å². The SMILES string of the molecule is CC(C=CC=C(C)C=CC1=C(C)C(=O)C(Oc2ccccc2)CC1(C)C)=CC=CC=C(C)C=CC=C(C)C=CC1=C(C)C(=O)C(Oc2ccccc2)CC1(C)C. The second-order valence-electron chi connectivity index (χ2n) is 16.2. The van der Waals surface area contributed by atoms with E-state index in [-0.39, 0.29) is 22.4 Å². The normalized spacial score (nSPS) is 21.5. The molecule has 0 heterocycles. The molecule has 4 rings (SSSR count). The molecule has 4 heteroatoms. The molecular weight excluding hydrogens is 689 g/mol. The Bertz CT molecular complexity index is 1920. The third kappa shape index (κ3) is 12.5. The Morgan fingerprint density at radius 2 is 0.839 bits per heavy atom. The Kier molecular flexibility index (Phi) is 15.4. The Morgan fingerprint density at radius 1 is 0.518 bits per heavy atom. The summed E-state index contributed by atoms with van der Waals surface area (Å²) in [6.07, 6.45) is 29.4.